The molecule has 0 saturated carbocycles. The van der Waals surface area contributed by atoms with Crippen LogP contribution in [0.3, 0.4) is 0 Å². The molecule has 2 aromatic carbocycles. The van der Waals surface area contributed by atoms with E-state index in [4.69, 9.17) is 0 Å². The Kier molecular flexibility index (Phi) is 5.59. The van der Waals surface area contributed by atoms with Gasteiger partial charge in [-0.1, -0.05) is 18.7 Å². The average molecular weight is 656 g/mol. The first-order valence-corrected chi connectivity index (χ1v) is 12.6. The van der Waals surface area contributed by atoms with Gasteiger partial charge in [-0.2, -0.15) is 0 Å². The highest BCUT2D eigenvalue weighted by atomic mass is 79.9. The number of aromatic nitrogens is 1. The molecular weight excluding hydrogens is 648 g/mol. The largest absolute Gasteiger partial charge is 0.268 e. The standard InChI is InChI=1S/C17H8Br4N2O2S2/c1-2-26-17-22-7-4-3-6(5-8(7)27-17)23-15(24)9-10(16(23)25)12(19)14(21)13(20)11(9)18/h3-5H,2H2,1H3. The Labute approximate surface area is 196 Å². The third-order valence-corrected chi connectivity index (χ3v) is 10.8. The van der Waals surface area contributed by atoms with Crippen LogP contribution in [0.25, 0.3) is 10.2 Å². The lowest BCUT2D eigenvalue weighted by molar-refractivity contribution is 0.0926. The van der Waals surface area contributed by atoms with Crippen molar-refractivity contribution in [2.45, 2.75) is 11.3 Å². The van der Waals surface area contributed by atoms with Crippen LogP contribution in [0.1, 0.15) is 27.6 Å². The van der Waals surface area contributed by atoms with Crippen molar-refractivity contribution in [1.82, 2.24) is 4.98 Å². The summed E-state index contributed by atoms with van der Waals surface area (Å²) in [5.74, 6) is 0.224. The van der Waals surface area contributed by atoms with Crippen LogP contribution in [-0.4, -0.2) is 22.6 Å². The molecule has 4 rings (SSSR count). The predicted molar refractivity (Wildman–Crippen MR) is 124 cm³/mol. The maximum absolute atomic E-state index is 13.1. The van der Waals surface area contributed by atoms with Gasteiger partial charge in [0.05, 0.1) is 27.0 Å². The van der Waals surface area contributed by atoms with E-state index >= 15 is 0 Å². The summed E-state index contributed by atoms with van der Waals surface area (Å²) in [7, 11) is 0. The zero-order valence-electron chi connectivity index (χ0n) is 13.5. The second-order valence-corrected chi connectivity index (χ2v) is 11.2. The van der Waals surface area contributed by atoms with Gasteiger partial charge in [0.15, 0.2) is 4.34 Å². The molecule has 0 fully saturated rings. The Morgan fingerprint density at radius 2 is 1.59 bits per heavy atom. The van der Waals surface area contributed by atoms with Gasteiger partial charge in [0.25, 0.3) is 11.8 Å². The fraction of sp³-hybridized carbons (Fsp3) is 0.118. The van der Waals surface area contributed by atoms with Crippen LogP contribution in [0, 0.1) is 0 Å². The number of rotatable bonds is 3. The summed E-state index contributed by atoms with van der Waals surface area (Å²) in [6, 6.07) is 5.46. The first kappa shape index (κ1) is 20.0. The van der Waals surface area contributed by atoms with Crippen LogP contribution < -0.4 is 4.90 Å². The molecule has 2 amide bonds. The Bertz CT molecular complexity index is 1100. The second kappa shape index (κ2) is 7.53. The molecule has 3 aromatic rings. The number of amides is 2. The van der Waals surface area contributed by atoms with E-state index in [9.17, 15) is 9.59 Å². The Hall–Kier alpha value is -0.260. The number of thioether (sulfide) groups is 1. The van der Waals surface area contributed by atoms with Crippen molar-refractivity contribution in [3.05, 3.63) is 47.2 Å². The number of carbonyl (C=O) groups excluding carboxylic acids is 2. The summed E-state index contributed by atoms with van der Waals surface area (Å²) in [6.45, 7) is 2.08. The van der Waals surface area contributed by atoms with Gasteiger partial charge in [0, 0.05) is 17.9 Å². The molecule has 0 N–H and O–H groups in total. The van der Waals surface area contributed by atoms with E-state index < -0.39 is 0 Å². The summed E-state index contributed by atoms with van der Waals surface area (Å²) >= 11 is 17.0. The second-order valence-electron chi connectivity index (χ2n) is 5.52. The summed E-state index contributed by atoms with van der Waals surface area (Å²) in [4.78, 5) is 32.0. The number of benzene rings is 2. The number of halogens is 4. The summed E-state index contributed by atoms with van der Waals surface area (Å²) in [5, 5.41) is 0. The molecule has 27 heavy (non-hydrogen) atoms. The predicted octanol–water partition coefficient (Wildman–Crippen LogP) is 7.26. The highest BCUT2D eigenvalue weighted by Crippen LogP contribution is 2.46. The van der Waals surface area contributed by atoms with E-state index in [-0.39, 0.29) is 11.8 Å². The lowest BCUT2D eigenvalue weighted by atomic mass is 10.1. The minimum atomic E-state index is -0.359. The molecule has 138 valence electrons. The van der Waals surface area contributed by atoms with E-state index in [2.05, 4.69) is 75.6 Å². The number of nitrogens with zero attached hydrogens (tertiary/aromatic N) is 2. The zero-order valence-corrected chi connectivity index (χ0v) is 21.5. The quantitative estimate of drug-likeness (QED) is 0.129. The topological polar surface area (TPSA) is 50.3 Å². The van der Waals surface area contributed by atoms with Gasteiger partial charge in [-0.15, -0.1) is 11.3 Å². The average Bonchev–Trinajstić information content (AvgIpc) is 3.15. The molecule has 1 aliphatic rings. The summed E-state index contributed by atoms with van der Waals surface area (Å²) < 4.78 is 4.37. The minimum Gasteiger partial charge on any atom is -0.268 e. The minimum absolute atomic E-state index is 0.341. The third-order valence-electron chi connectivity index (χ3n) is 3.98. The molecule has 0 spiro atoms. The fourth-order valence-corrected chi connectivity index (χ4v) is 7.26. The van der Waals surface area contributed by atoms with E-state index in [1.807, 2.05) is 12.1 Å². The first-order valence-electron chi connectivity index (χ1n) is 7.63. The van der Waals surface area contributed by atoms with Gasteiger partial charge in [-0.25, -0.2) is 9.88 Å². The molecule has 4 nitrogen and oxygen atoms in total. The zero-order chi connectivity index (χ0) is 19.5. The smallest absolute Gasteiger partial charge is 0.267 e. The van der Waals surface area contributed by atoms with Crippen LogP contribution in [0.15, 0.2) is 40.4 Å². The number of hydrogen-bond donors (Lipinski definition) is 0. The molecule has 1 aromatic heterocycles. The van der Waals surface area contributed by atoms with E-state index in [0.29, 0.717) is 34.7 Å². The van der Waals surface area contributed by atoms with Crippen molar-refractivity contribution in [2.24, 2.45) is 0 Å². The van der Waals surface area contributed by atoms with Gasteiger partial charge >= 0.3 is 0 Å². The normalized spacial score (nSPS) is 13.7. The number of hydrogen-bond acceptors (Lipinski definition) is 5. The highest BCUT2D eigenvalue weighted by Gasteiger charge is 2.41. The lowest BCUT2D eigenvalue weighted by Gasteiger charge is -2.13. The summed E-state index contributed by atoms with van der Waals surface area (Å²) in [5.41, 5.74) is 2.09. The van der Waals surface area contributed by atoms with Crippen LogP contribution in [0.4, 0.5) is 5.69 Å². The molecule has 0 aliphatic carbocycles. The maximum Gasteiger partial charge on any atom is 0.267 e. The number of anilines is 1. The SMILES string of the molecule is CCSc1nc2ccc(N3C(=O)c4c(Br)c(Br)c(Br)c(Br)c4C3=O)cc2s1. The van der Waals surface area contributed by atoms with Gasteiger partial charge in [0.2, 0.25) is 0 Å². The first-order chi connectivity index (χ1) is 12.8. The number of fused-ring (bicyclic) bond motifs is 2. The monoisotopic (exact) mass is 652 g/mol. The molecule has 1 aliphatic heterocycles. The van der Waals surface area contributed by atoms with Gasteiger partial charge in [-0.05, 0) is 87.7 Å². The van der Waals surface area contributed by atoms with E-state index in [0.717, 1.165) is 20.3 Å². The van der Waals surface area contributed by atoms with Crippen molar-refractivity contribution in [2.75, 3.05) is 10.7 Å². The molecular formula is C17H8Br4N2O2S2. The molecule has 2 heterocycles. The van der Waals surface area contributed by atoms with Crippen LogP contribution in [0.2, 0.25) is 0 Å². The maximum atomic E-state index is 13.1. The van der Waals surface area contributed by atoms with E-state index in [1.165, 1.54) is 4.90 Å². The molecule has 0 atom stereocenters. The fourth-order valence-electron chi connectivity index (χ4n) is 2.80. The summed E-state index contributed by atoms with van der Waals surface area (Å²) in [6.07, 6.45) is 0. The Morgan fingerprint density at radius 3 is 2.15 bits per heavy atom. The molecule has 0 saturated heterocycles. The van der Waals surface area contributed by atoms with Crippen molar-refractivity contribution in [3.63, 3.8) is 0 Å². The van der Waals surface area contributed by atoms with Crippen molar-refractivity contribution < 1.29 is 9.59 Å². The molecule has 0 bridgehead atoms. The van der Waals surface area contributed by atoms with Crippen molar-refractivity contribution in [1.29, 1.82) is 0 Å². The number of thiazole rings is 1. The van der Waals surface area contributed by atoms with Crippen LogP contribution in [0.5, 0.6) is 0 Å². The van der Waals surface area contributed by atoms with Gasteiger partial charge in [0.1, 0.15) is 0 Å². The number of carbonyl (C=O) groups is 2. The Balaban J connectivity index is 1.85. The third kappa shape index (κ3) is 3.16. The Morgan fingerprint density at radius 1 is 1.00 bits per heavy atom. The van der Waals surface area contributed by atoms with Crippen molar-refractivity contribution in [3.8, 4) is 0 Å². The van der Waals surface area contributed by atoms with Crippen LogP contribution >= 0.6 is 86.8 Å². The van der Waals surface area contributed by atoms with E-state index in [1.54, 1.807) is 29.2 Å². The van der Waals surface area contributed by atoms with Crippen LogP contribution in [-0.2, 0) is 0 Å². The lowest BCUT2D eigenvalue weighted by Crippen LogP contribution is -2.29. The van der Waals surface area contributed by atoms with Crippen molar-refractivity contribution >= 4 is 115 Å². The number of imide groups is 1. The molecule has 0 unspecified atom stereocenters. The van der Waals surface area contributed by atoms with Gasteiger partial charge < -0.3 is 0 Å². The molecule has 0 radical (unpaired) electrons. The van der Waals surface area contributed by atoms with Gasteiger partial charge in [-0.3, -0.25) is 9.59 Å². The molecule has 10 heteroatoms. The highest BCUT2D eigenvalue weighted by molar-refractivity contribution is 9.15.